The van der Waals surface area contributed by atoms with Crippen molar-refractivity contribution in [2.24, 2.45) is 5.73 Å². The lowest BCUT2D eigenvalue weighted by Crippen LogP contribution is -2.40. The Hall–Kier alpha value is -2.67. The third kappa shape index (κ3) is 4.24. The van der Waals surface area contributed by atoms with E-state index < -0.39 is 5.91 Å². The summed E-state index contributed by atoms with van der Waals surface area (Å²) in [5.41, 5.74) is 7.21. The number of aromatic amines is 1. The summed E-state index contributed by atoms with van der Waals surface area (Å²) in [5, 5.41) is 6.76. The first kappa shape index (κ1) is 17.2. The molecule has 1 atom stereocenters. The highest BCUT2D eigenvalue weighted by Crippen LogP contribution is 2.30. The minimum Gasteiger partial charge on any atom is -0.367 e. The number of nitrogens with two attached hydrogens (primary N) is 1. The summed E-state index contributed by atoms with van der Waals surface area (Å²) in [5.74, 6) is -0.641. The second-order valence-corrected chi connectivity index (χ2v) is 6.15. The van der Waals surface area contributed by atoms with Gasteiger partial charge in [-0.25, -0.2) is 0 Å². The summed E-state index contributed by atoms with van der Waals surface area (Å²) in [6.07, 6.45) is 2.80. The largest absolute Gasteiger partial charge is 0.367 e. The van der Waals surface area contributed by atoms with E-state index in [-0.39, 0.29) is 24.2 Å². The van der Waals surface area contributed by atoms with E-state index in [2.05, 4.69) is 10.2 Å². The third-order valence-corrected chi connectivity index (χ3v) is 4.37. The maximum atomic E-state index is 12.6. The first-order valence-electron chi connectivity index (χ1n) is 8.41. The number of carbonyl (C=O) groups is 2. The molecular formula is C18H22N4O3. The summed E-state index contributed by atoms with van der Waals surface area (Å²) < 4.78 is 5.57. The number of nitrogens with zero attached hydrogens (tertiary/aromatic N) is 2. The Balaban J connectivity index is 1.61. The summed E-state index contributed by atoms with van der Waals surface area (Å²) in [7, 11) is 0. The molecule has 0 bridgehead atoms. The van der Waals surface area contributed by atoms with Gasteiger partial charge in [-0.2, -0.15) is 5.10 Å². The Morgan fingerprint density at radius 2 is 2.08 bits per heavy atom. The van der Waals surface area contributed by atoms with Gasteiger partial charge in [0.05, 0.1) is 18.3 Å². The lowest BCUT2D eigenvalue weighted by molar-refractivity contribution is -0.140. The maximum Gasteiger partial charge on any atom is 0.269 e. The molecule has 1 saturated heterocycles. The van der Waals surface area contributed by atoms with Gasteiger partial charge in [-0.05, 0) is 30.9 Å². The number of likely N-dealkylation sites (tertiary alicyclic amines) is 1. The molecule has 0 radical (unpaired) electrons. The van der Waals surface area contributed by atoms with Crippen LogP contribution in [-0.4, -0.2) is 40.1 Å². The van der Waals surface area contributed by atoms with Crippen LogP contribution in [0.5, 0.6) is 0 Å². The molecule has 3 N–H and O–H groups in total. The zero-order valence-corrected chi connectivity index (χ0v) is 14.0. The fourth-order valence-electron chi connectivity index (χ4n) is 3.10. The first-order valence-corrected chi connectivity index (χ1v) is 8.41. The van der Waals surface area contributed by atoms with Crippen molar-refractivity contribution in [1.29, 1.82) is 0 Å². The quantitative estimate of drug-likeness (QED) is 0.835. The van der Waals surface area contributed by atoms with Crippen LogP contribution in [0, 0.1) is 0 Å². The summed E-state index contributed by atoms with van der Waals surface area (Å²) in [6.45, 7) is 1.10. The average molecular weight is 342 g/mol. The van der Waals surface area contributed by atoms with E-state index in [9.17, 15) is 9.59 Å². The Bertz CT molecular complexity index is 729. The van der Waals surface area contributed by atoms with E-state index in [0.29, 0.717) is 13.2 Å². The zero-order chi connectivity index (χ0) is 17.6. The van der Waals surface area contributed by atoms with Gasteiger partial charge >= 0.3 is 0 Å². The van der Waals surface area contributed by atoms with E-state index >= 15 is 0 Å². The molecule has 1 unspecified atom stereocenters. The second-order valence-electron chi connectivity index (χ2n) is 6.15. The minimum atomic E-state index is -0.581. The van der Waals surface area contributed by atoms with Gasteiger partial charge < -0.3 is 15.4 Å². The molecule has 1 fully saturated rings. The smallest absolute Gasteiger partial charge is 0.269 e. The average Bonchev–Trinajstić information content (AvgIpc) is 3.13. The van der Waals surface area contributed by atoms with E-state index in [1.54, 1.807) is 11.0 Å². The molecule has 0 spiro atoms. The molecule has 132 valence electrons. The number of hydrogen-bond donors (Lipinski definition) is 2. The van der Waals surface area contributed by atoms with Crippen molar-refractivity contribution in [3.8, 4) is 0 Å². The van der Waals surface area contributed by atoms with Crippen molar-refractivity contribution in [3.05, 3.63) is 53.3 Å². The highest BCUT2D eigenvalue weighted by Gasteiger charge is 2.29. The van der Waals surface area contributed by atoms with Gasteiger partial charge in [0.1, 0.15) is 12.3 Å². The maximum absolute atomic E-state index is 12.6. The van der Waals surface area contributed by atoms with Crippen LogP contribution in [0.4, 0.5) is 0 Å². The molecule has 2 amide bonds. The van der Waals surface area contributed by atoms with Crippen LogP contribution >= 0.6 is 0 Å². The van der Waals surface area contributed by atoms with Gasteiger partial charge in [0.2, 0.25) is 5.91 Å². The summed E-state index contributed by atoms with van der Waals surface area (Å²) >= 11 is 0. The molecule has 25 heavy (non-hydrogen) atoms. The predicted molar refractivity (Wildman–Crippen MR) is 91.5 cm³/mol. The van der Waals surface area contributed by atoms with Crippen LogP contribution in [0.15, 0.2) is 36.4 Å². The molecular weight excluding hydrogens is 320 g/mol. The Morgan fingerprint density at radius 3 is 2.80 bits per heavy atom. The summed E-state index contributed by atoms with van der Waals surface area (Å²) in [6, 6.07) is 11.3. The van der Waals surface area contributed by atoms with Crippen LogP contribution in [0.25, 0.3) is 0 Å². The SMILES string of the molecule is NC(=O)c1cc(C2CCCCN2C(=O)COCc2ccccc2)[nH]n1. The molecule has 0 saturated carbocycles. The normalized spacial score (nSPS) is 17.4. The van der Waals surface area contributed by atoms with Gasteiger partial charge in [-0.3, -0.25) is 14.7 Å². The monoisotopic (exact) mass is 342 g/mol. The second kappa shape index (κ2) is 7.94. The number of amides is 2. The first-order chi connectivity index (χ1) is 12.1. The van der Waals surface area contributed by atoms with Crippen molar-refractivity contribution in [3.63, 3.8) is 0 Å². The Morgan fingerprint density at radius 1 is 1.28 bits per heavy atom. The predicted octanol–water partition coefficient (Wildman–Crippen LogP) is 1.78. The molecule has 1 aromatic heterocycles. The molecule has 7 heteroatoms. The number of H-pyrrole nitrogens is 1. The molecule has 0 aliphatic carbocycles. The molecule has 1 aromatic carbocycles. The number of aromatic nitrogens is 2. The van der Waals surface area contributed by atoms with Crippen molar-refractivity contribution in [2.75, 3.05) is 13.2 Å². The fraction of sp³-hybridized carbons (Fsp3) is 0.389. The standard InChI is InChI=1S/C18H22N4O3/c19-18(24)15-10-14(20-21-15)16-8-4-5-9-22(16)17(23)12-25-11-13-6-2-1-3-7-13/h1-3,6-7,10,16H,4-5,8-9,11-12H2,(H2,19,24)(H,20,21). The van der Waals surface area contributed by atoms with E-state index in [1.807, 2.05) is 30.3 Å². The molecule has 3 rings (SSSR count). The van der Waals surface area contributed by atoms with Crippen LogP contribution in [0.1, 0.15) is 47.1 Å². The number of primary amides is 1. The van der Waals surface area contributed by atoms with Crippen molar-refractivity contribution < 1.29 is 14.3 Å². The lowest BCUT2D eigenvalue weighted by atomic mass is 9.99. The third-order valence-electron chi connectivity index (χ3n) is 4.37. The highest BCUT2D eigenvalue weighted by molar-refractivity contribution is 5.90. The van der Waals surface area contributed by atoms with E-state index in [0.717, 1.165) is 30.5 Å². The topological polar surface area (TPSA) is 101 Å². The molecule has 2 aromatic rings. The lowest BCUT2D eigenvalue weighted by Gasteiger charge is -2.35. The Kier molecular flexibility index (Phi) is 5.45. The van der Waals surface area contributed by atoms with Gasteiger partial charge in [0.25, 0.3) is 5.91 Å². The highest BCUT2D eigenvalue weighted by atomic mass is 16.5. The van der Waals surface area contributed by atoms with Crippen LogP contribution in [-0.2, 0) is 16.1 Å². The molecule has 7 nitrogen and oxygen atoms in total. The van der Waals surface area contributed by atoms with Gasteiger partial charge in [-0.1, -0.05) is 30.3 Å². The van der Waals surface area contributed by atoms with Gasteiger partial charge in [-0.15, -0.1) is 0 Å². The van der Waals surface area contributed by atoms with E-state index in [4.69, 9.17) is 10.5 Å². The Labute approximate surface area is 146 Å². The fourth-order valence-corrected chi connectivity index (χ4v) is 3.10. The van der Waals surface area contributed by atoms with Gasteiger partial charge in [0.15, 0.2) is 0 Å². The number of carbonyl (C=O) groups excluding carboxylic acids is 2. The van der Waals surface area contributed by atoms with E-state index in [1.165, 1.54) is 0 Å². The number of ether oxygens (including phenoxy) is 1. The van der Waals surface area contributed by atoms with Crippen molar-refractivity contribution >= 4 is 11.8 Å². The van der Waals surface area contributed by atoms with Crippen LogP contribution < -0.4 is 5.73 Å². The molecule has 2 heterocycles. The number of hydrogen-bond acceptors (Lipinski definition) is 4. The van der Waals surface area contributed by atoms with Crippen molar-refractivity contribution in [1.82, 2.24) is 15.1 Å². The zero-order valence-electron chi connectivity index (χ0n) is 14.0. The number of piperidine rings is 1. The molecule has 1 aliphatic heterocycles. The number of rotatable bonds is 6. The van der Waals surface area contributed by atoms with Crippen LogP contribution in [0.2, 0.25) is 0 Å². The molecule has 1 aliphatic rings. The van der Waals surface area contributed by atoms with Crippen molar-refractivity contribution in [2.45, 2.75) is 31.9 Å². The number of nitrogens with one attached hydrogen (secondary N) is 1. The van der Waals surface area contributed by atoms with Gasteiger partial charge in [0, 0.05) is 6.54 Å². The number of benzene rings is 1. The van der Waals surface area contributed by atoms with Crippen LogP contribution in [0.3, 0.4) is 0 Å². The summed E-state index contributed by atoms with van der Waals surface area (Å²) in [4.78, 5) is 25.6. The minimum absolute atomic E-state index is 0.0300.